The molecule has 0 saturated heterocycles. The molecule has 2 heteroatoms. The first-order chi connectivity index (χ1) is 29.3. The summed E-state index contributed by atoms with van der Waals surface area (Å²) >= 11 is 0. The Balaban J connectivity index is 1.15. The Morgan fingerprint density at radius 1 is 0.339 bits per heavy atom. The van der Waals surface area contributed by atoms with Gasteiger partial charge < -0.3 is 9.80 Å². The first-order valence-corrected chi connectivity index (χ1v) is 22.2. The summed E-state index contributed by atoms with van der Waals surface area (Å²) in [7, 11) is 0. The van der Waals surface area contributed by atoms with E-state index >= 15 is 0 Å². The topological polar surface area (TPSA) is 6.48 Å². The van der Waals surface area contributed by atoms with Crippen molar-refractivity contribution in [3.8, 4) is 11.1 Å². The van der Waals surface area contributed by atoms with Gasteiger partial charge in [0.05, 0.1) is 5.69 Å². The molecule has 11 rings (SSSR count). The van der Waals surface area contributed by atoms with E-state index in [9.17, 15) is 0 Å². The molecule has 0 aliphatic heterocycles. The Morgan fingerprint density at radius 3 is 1.37 bits per heavy atom. The van der Waals surface area contributed by atoms with Crippen molar-refractivity contribution in [2.24, 2.45) is 11.8 Å². The van der Waals surface area contributed by atoms with Gasteiger partial charge in [0.2, 0.25) is 0 Å². The number of fused-ring (bicyclic) bond motifs is 6. The van der Waals surface area contributed by atoms with Crippen LogP contribution in [0, 0.1) is 11.8 Å². The summed E-state index contributed by atoms with van der Waals surface area (Å²) in [5.74, 6) is 1.20. The summed E-state index contributed by atoms with van der Waals surface area (Å²) in [6.07, 6.45) is 13.2. The lowest BCUT2D eigenvalue weighted by Gasteiger charge is -2.49. The van der Waals surface area contributed by atoms with Crippen molar-refractivity contribution >= 4 is 55.7 Å². The van der Waals surface area contributed by atoms with Crippen LogP contribution in [0.2, 0.25) is 0 Å². The van der Waals surface area contributed by atoms with Crippen LogP contribution in [0.15, 0.2) is 182 Å². The molecule has 0 aromatic heterocycles. The summed E-state index contributed by atoms with van der Waals surface area (Å²) in [5, 5.41) is 5.15. The van der Waals surface area contributed by atoms with E-state index in [1.807, 2.05) is 0 Å². The van der Waals surface area contributed by atoms with Crippen LogP contribution in [0.25, 0.3) is 32.7 Å². The molecular weight excluding hydrogens is 713 g/mol. The van der Waals surface area contributed by atoms with E-state index in [0.29, 0.717) is 11.8 Å². The molecule has 0 spiro atoms. The predicted octanol–water partition coefficient (Wildman–Crippen LogP) is 16.4. The largest absolute Gasteiger partial charge is 0.310 e. The zero-order valence-electron chi connectivity index (χ0n) is 33.9. The third-order valence-corrected chi connectivity index (χ3v) is 14.3. The molecule has 0 atom stereocenters. The summed E-state index contributed by atoms with van der Waals surface area (Å²) in [6.45, 7) is 0. The molecule has 3 aliphatic rings. The molecule has 0 bridgehead atoms. The summed E-state index contributed by atoms with van der Waals surface area (Å²) < 4.78 is 0. The number of benzene rings is 8. The average molecular weight is 765 g/mol. The Hall–Kier alpha value is -6.12. The fraction of sp³-hybridized carbons (Fsp3) is 0.228. The van der Waals surface area contributed by atoms with Gasteiger partial charge in [-0.05, 0) is 143 Å². The molecule has 0 radical (unpaired) electrons. The summed E-state index contributed by atoms with van der Waals surface area (Å²) in [5.41, 5.74) is 13.2. The highest BCUT2D eigenvalue weighted by Gasteiger charge is 2.53. The highest BCUT2D eigenvalue weighted by molar-refractivity contribution is 6.12. The third kappa shape index (κ3) is 6.07. The van der Waals surface area contributed by atoms with E-state index in [0.717, 1.165) is 0 Å². The van der Waals surface area contributed by atoms with Crippen LogP contribution >= 0.6 is 0 Å². The minimum atomic E-state index is -0.0616. The van der Waals surface area contributed by atoms with Crippen molar-refractivity contribution in [3.05, 3.63) is 193 Å². The van der Waals surface area contributed by atoms with E-state index < -0.39 is 0 Å². The number of hydrogen-bond donors (Lipinski definition) is 0. The number of rotatable bonds is 8. The van der Waals surface area contributed by atoms with E-state index in [-0.39, 0.29) is 5.41 Å². The number of hydrogen-bond acceptors (Lipinski definition) is 2. The van der Waals surface area contributed by atoms with Crippen LogP contribution in [-0.4, -0.2) is 0 Å². The fourth-order valence-corrected chi connectivity index (χ4v) is 11.8. The maximum absolute atomic E-state index is 2.66. The van der Waals surface area contributed by atoms with Crippen LogP contribution in [0.5, 0.6) is 0 Å². The van der Waals surface area contributed by atoms with Crippen molar-refractivity contribution < 1.29 is 0 Å². The van der Waals surface area contributed by atoms with Gasteiger partial charge in [-0.3, -0.25) is 0 Å². The van der Waals surface area contributed by atoms with Gasteiger partial charge in [-0.1, -0.05) is 154 Å². The molecule has 2 saturated carbocycles. The number of para-hydroxylation sites is 3. The SMILES string of the molecule is c1ccc(N(c2ccccc2)c2ccc3c(c2)C(C2CCCCC2)(C2CCCCC2)c2cc(N(c4ccccc4)c4cccc5c4ccc4ccccc45)ccc2-3)cc1. The van der Waals surface area contributed by atoms with Gasteiger partial charge >= 0.3 is 0 Å². The lowest BCUT2D eigenvalue weighted by atomic mass is 9.54. The fourth-order valence-electron chi connectivity index (χ4n) is 11.8. The molecule has 3 aliphatic carbocycles. The van der Waals surface area contributed by atoms with Crippen LogP contribution in [0.1, 0.15) is 75.3 Å². The predicted molar refractivity (Wildman–Crippen MR) is 250 cm³/mol. The van der Waals surface area contributed by atoms with Gasteiger partial charge in [-0.2, -0.15) is 0 Å². The minimum absolute atomic E-state index is 0.0616. The maximum atomic E-state index is 2.66. The van der Waals surface area contributed by atoms with E-state index in [1.54, 1.807) is 11.1 Å². The first-order valence-electron chi connectivity index (χ1n) is 22.2. The molecule has 0 N–H and O–H groups in total. The normalized spacial score (nSPS) is 16.5. The Bertz CT molecular complexity index is 2690. The van der Waals surface area contributed by atoms with E-state index in [1.165, 1.54) is 131 Å². The van der Waals surface area contributed by atoms with Crippen molar-refractivity contribution in [2.75, 3.05) is 9.80 Å². The third-order valence-electron chi connectivity index (χ3n) is 14.3. The van der Waals surface area contributed by atoms with Crippen molar-refractivity contribution in [3.63, 3.8) is 0 Å². The highest BCUT2D eigenvalue weighted by Crippen LogP contribution is 2.63. The van der Waals surface area contributed by atoms with Gasteiger partial charge in [-0.25, -0.2) is 0 Å². The lowest BCUT2D eigenvalue weighted by molar-refractivity contribution is 0.137. The molecule has 2 fully saturated rings. The molecule has 0 amide bonds. The second kappa shape index (κ2) is 15.2. The molecule has 0 heterocycles. The van der Waals surface area contributed by atoms with Crippen molar-refractivity contribution in [1.82, 2.24) is 0 Å². The quantitative estimate of drug-likeness (QED) is 0.142. The second-order valence-corrected chi connectivity index (χ2v) is 17.3. The minimum Gasteiger partial charge on any atom is -0.310 e. The molecular formula is C57H52N2. The zero-order chi connectivity index (χ0) is 39.2. The summed E-state index contributed by atoms with van der Waals surface area (Å²) in [6, 6.07) is 68.5. The summed E-state index contributed by atoms with van der Waals surface area (Å²) in [4.78, 5) is 5.02. The monoisotopic (exact) mass is 764 g/mol. The molecule has 59 heavy (non-hydrogen) atoms. The Labute approximate surface area is 349 Å². The molecule has 2 nitrogen and oxygen atoms in total. The van der Waals surface area contributed by atoms with Crippen molar-refractivity contribution in [2.45, 2.75) is 69.6 Å². The van der Waals surface area contributed by atoms with Gasteiger partial charge in [0.25, 0.3) is 0 Å². The number of nitrogens with zero attached hydrogens (tertiary/aromatic N) is 2. The molecule has 0 unspecified atom stereocenters. The van der Waals surface area contributed by atoms with Gasteiger partial charge in [0, 0.05) is 39.2 Å². The lowest BCUT2D eigenvalue weighted by Crippen LogP contribution is -2.44. The molecule has 8 aromatic carbocycles. The van der Waals surface area contributed by atoms with Crippen LogP contribution in [0.4, 0.5) is 34.1 Å². The Kier molecular flexibility index (Phi) is 9.30. The van der Waals surface area contributed by atoms with Gasteiger partial charge in [0.1, 0.15) is 0 Å². The van der Waals surface area contributed by atoms with Gasteiger partial charge in [0.15, 0.2) is 0 Å². The van der Waals surface area contributed by atoms with Crippen LogP contribution in [-0.2, 0) is 5.41 Å². The van der Waals surface area contributed by atoms with E-state index in [4.69, 9.17) is 0 Å². The standard InChI is InChI=1S/C57H52N2/c1-6-20-42(21-7-1)57(43-22-8-2-9-23-43)54-39-47(58(44-24-10-3-11-25-44)45-26-12-4-13-27-45)34-37-51(54)52-38-35-48(40-55(52)57)59(46-28-14-5-15-29-46)56-32-18-31-50-49-30-17-16-19-41(49)33-36-53(50)56/h3-5,10-19,24-40,42-43H,1-2,6-9,20-23H2. The Morgan fingerprint density at radius 2 is 0.814 bits per heavy atom. The van der Waals surface area contributed by atoms with Crippen molar-refractivity contribution in [1.29, 1.82) is 0 Å². The molecule has 290 valence electrons. The van der Waals surface area contributed by atoms with Gasteiger partial charge in [-0.15, -0.1) is 0 Å². The molecule has 8 aromatic rings. The van der Waals surface area contributed by atoms with E-state index in [2.05, 4.69) is 192 Å². The zero-order valence-corrected chi connectivity index (χ0v) is 33.9. The average Bonchev–Trinajstić information content (AvgIpc) is 3.60. The van der Waals surface area contributed by atoms with Crippen LogP contribution < -0.4 is 9.80 Å². The van der Waals surface area contributed by atoms with Crippen LogP contribution in [0.3, 0.4) is 0 Å². The first kappa shape index (κ1) is 36.0. The smallest absolute Gasteiger partial charge is 0.0540 e. The second-order valence-electron chi connectivity index (χ2n) is 17.3. The number of anilines is 6. The maximum Gasteiger partial charge on any atom is 0.0540 e. The highest BCUT2D eigenvalue weighted by atomic mass is 15.1.